The molecule has 2 heterocycles. The molecule has 0 unspecified atom stereocenters. The van der Waals surface area contributed by atoms with Crippen molar-refractivity contribution in [2.24, 2.45) is 0 Å². The van der Waals surface area contributed by atoms with Crippen LogP contribution in [-0.4, -0.2) is 9.55 Å². The number of para-hydroxylation sites is 1. The molecule has 142 valence electrons. The number of hydrogen-bond donors (Lipinski definition) is 1. The van der Waals surface area contributed by atoms with E-state index in [0.29, 0.717) is 16.3 Å². The minimum Gasteiger partial charge on any atom is -0.321 e. The van der Waals surface area contributed by atoms with Crippen LogP contribution in [-0.2, 0) is 0 Å². The van der Waals surface area contributed by atoms with Gasteiger partial charge in [-0.1, -0.05) is 60.7 Å². The number of fused-ring (bicyclic) bond motifs is 6. The molecule has 0 radical (unpaired) electrons. The predicted octanol–water partition coefficient (Wildman–Crippen LogP) is 5.14. The SMILES string of the molecule is O=c1[nH]c2cc(-n3c(=O)c4ccccc4c4ccccc43)ccc2c2ccccc12. The van der Waals surface area contributed by atoms with Crippen molar-refractivity contribution in [2.75, 3.05) is 0 Å². The summed E-state index contributed by atoms with van der Waals surface area (Å²) in [7, 11) is 0. The Morgan fingerprint density at radius 2 is 1.17 bits per heavy atom. The number of pyridine rings is 2. The van der Waals surface area contributed by atoms with E-state index in [2.05, 4.69) is 4.98 Å². The summed E-state index contributed by atoms with van der Waals surface area (Å²) < 4.78 is 1.73. The zero-order valence-corrected chi connectivity index (χ0v) is 15.9. The summed E-state index contributed by atoms with van der Waals surface area (Å²) in [5.74, 6) is 0. The summed E-state index contributed by atoms with van der Waals surface area (Å²) in [6.07, 6.45) is 0. The van der Waals surface area contributed by atoms with Gasteiger partial charge in [-0.15, -0.1) is 0 Å². The van der Waals surface area contributed by atoms with Crippen LogP contribution in [0.5, 0.6) is 0 Å². The Morgan fingerprint density at radius 1 is 0.567 bits per heavy atom. The van der Waals surface area contributed by atoms with Crippen molar-refractivity contribution in [3.05, 3.63) is 112 Å². The van der Waals surface area contributed by atoms with E-state index < -0.39 is 0 Å². The molecule has 0 saturated carbocycles. The molecule has 0 aliphatic heterocycles. The molecule has 0 saturated heterocycles. The summed E-state index contributed by atoms with van der Waals surface area (Å²) in [6.45, 7) is 0. The summed E-state index contributed by atoms with van der Waals surface area (Å²) in [5, 5.41) is 5.13. The molecular weight excluding hydrogens is 372 g/mol. The Bertz CT molecular complexity index is 1740. The van der Waals surface area contributed by atoms with Gasteiger partial charge in [-0.05, 0) is 41.1 Å². The lowest BCUT2D eigenvalue weighted by Crippen LogP contribution is -2.19. The van der Waals surface area contributed by atoms with Gasteiger partial charge in [-0.2, -0.15) is 0 Å². The van der Waals surface area contributed by atoms with Crippen LogP contribution in [0, 0.1) is 0 Å². The predicted molar refractivity (Wildman–Crippen MR) is 123 cm³/mol. The highest BCUT2D eigenvalue weighted by Crippen LogP contribution is 2.27. The Morgan fingerprint density at radius 3 is 1.93 bits per heavy atom. The largest absolute Gasteiger partial charge is 0.321 e. The molecule has 30 heavy (non-hydrogen) atoms. The maximum Gasteiger partial charge on any atom is 0.263 e. The number of rotatable bonds is 1. The Balaban J connectivity index is 1.75. The standard InChI is InChI=1S/C26H16N2O2/c29-25-21-10-3-1-7-17(21)19-14-13-16(15-23(19)27-25)28-24-12-6-5-9-20(24)18-8-2-4-11-22(18)26(28)30/h1-15H,(H,27,29). The molecule has 6 rings (SSSR count). The van der Waals surface area contributed by atoms with Crippen molar-refractivity contribution in [3.8, 4) is 5.69 Å². The second-order valence-electron chi connectivity index (χ2n) is 7.43. The molecule has 4 aromatic carbocycles. The fourth-order valence-electron chi connectivity index (χ4n) is 4.40. The van der Waals surface area contributed by atoms with Crippen molar-refractivity contribution < 1.29 is 0 Å². The van der Waals surface area contributed by atoms with Gasteiger partial charge < -0.3 is 4.98 Å². The zero-order valence-electron chi connectivity index (χ0n) is 15.9. The lowest BCUT2D eigenvalue weighted by Gasteiger charge is -2.14. The quantitative estimate of drug-likeness (QED) is 0.397. The van der Waals surface area contributed by atoms with Gasteiger partial charge in [0.1, 0.15) is 0 Å². The van der Waals surface area contributed by atoms with Crippen LogP contribution < -0.4 is 11.1 Å². The number of hydrogen-bond acceptors (Lipinski definition) is 2. The average molecular weight is 388 g/mol. The van der Waals surface area contributed by atoms with Crippen LogP contribution in [0.25, 0.3) is 49.0 Å². The van der Waals surface area contributed by atoms with E-state index in [1.165, 1.54) is 0 Å². The second-order valence-corrected chi connectivity index (χ2v) is 7.43. The highest BCUT2D eigenvalue weighted by atomic mass is 16.1. The first-order valence-corrected chi connectivity index (χ1v) is 9.80. The van der Waals surface area contributed by atoms with Crippen molar-refractivity contribution in [3.63, 3.8) is 0 Å². The zero-order chi connectivity index (χ0) is 20.2. The molecular formula is C26H16N2O2. The fraction of sp³-hybridized carbons (Fsp3) is 0. The van der Waals surface area contributed by atoms with Gasteiger partial charge >= 0.3 is 0 Å². The lowest BCUT2D eigenvalue weighted by atomic mass is 10.0. The van der Waals surface area contributed by atoms with Gasteiger partial charge in [0.2, 0.25) is 0 Å². The molecule has 1 N–H and O–H groups in total. The Labute approximate surface area is 170 Å². The third-order valence-electron chi connectivity index (χ3n) is 5.77. The first-order chi connectivity index (χ1) is 14.7. The van der Waals surface area contributed by atoms with Gasteiger partial charge in [0.05, 0.1) is 16.7 Å². The van der Waals surface area contributed by atoms with Crippen LogP contribution in [0.1, 0.15) is 0 Å². The van der Waals surface area contributed by atoms with E-state index in [4.69, 9.17) is 0 Å². The molecule has 0 amide bonds. The van der Waals surface area contributed by atoms with Crippen LogP contribution in [0.3, 0.4) is 0 Å². The Kier molecular flexibility index (Phi) is 3.44. The number of H-pyrrole nitrogens is 1. The van der Waals surface area contributed by atoms with Gasteiger partial charge in [-0.3, -0.25) is 14.2 Å². The van der Waals surface area contributed by atoms with E-state index in [1.54, 1.807) is 4.57 Å². The minimum atomic E-state index is -0.133. The van der Waals surface area contributed by atoms with Gasteiger partial charge in [0.15, 0.2) is 0 Å². The van der Waals surface area contributed by atoms with Crippen LogP contribution in [0.15, 0.2) is 101 Å². The van der Waals surface area contributed by atoms with Gasteiger partial charge in [-0.25, -0.2) is 0 Å². The Hall–Kier alpha value is -4.18. The molecule has 0 fully saturated rings. The van der Waals surface area contributed by atoms with Crippen molar-refractivity contribution in [2.45, 2.75) is 0 Å². The van der Waals surface area contributed by atoms with E-state index >= 15 is 0 Å². The highest BCUT2D eigenvalue weighted by Gasteiger charge is 2.13. The molecule has 6 aromatic rings. The van der Waals surface area contributed by atoms with Crippen LogP contribution in [0.4, 0.5) is 0 Å². The molecule has 4 nitrogen and oxygen atoms in total. The fourth-order valence-corrected chi connectivity index (χ4v) is 4.40. The van der Waals surface area contributed by atoms with Crippen molar-refractivity contribution in [1.29, 1.82) is 0 Å². The van der Waals surface area contributed by atoms with E-state index in [1.807, 2.05) is 91.0 Å². The summed E-state index contributed by atoms with van der Waals surface area (Å²) >= 11 is 0. The minimum absolute atomic E-state index is 0.0770. The smallest absolute Gasteiger partial charge is 0.263 e. The lowest BCUT2D eigenvalue weighted by molar-refractivity contribution is 1.06. The van der Waals surface area contributed by atoms with Gasteiger partial charge in [0.25, 0.3) is 11.1 Å². The van der Waals surface area contributed by atoms with E-state index in [9.17, 15) is 9.59 Å². The number of nitrogens with zero attached hydrogens (tertiary/aromatic N) is 1. The molecule has 0 aliphatic carbocycles. The number of nitrogens with one attached hydrogen (secondary N) is 1. The first-order valence-electron chi connectivity index (χ1n) is 9.80. The third-order valence-corrected chi connectivity index (χ3v) is 5.77. The molecule has 0 aliphatic rings. The molecule has 0 atom stereocenters. The number of aromatic nitrogens is 2. The topological polar surface area (TPSA) is 54.9 Å². The molecule has 0 bridgehead atoms. The third kappa shape index (κ3) is 2.28. The van der Waals surface area contributed by atoms with Crippen molar-refractivity contribution >= 4 is 43.4 Å². The number of aromatic amines is 1. The molecule has 4 heteroatoms. The number of benzene rings is 4. The van der Waals surface area contributed by atoms with Crippen molar-refractivity contribution in [1.82, 2.24) is 9.55 Å². The van der Waals surface area contributed by atoms with E-state index in [-0.39, 0.29) is 11.1 Å². The second kappa shape index (κ2) is 6.16. The normalized spacial score (nSPS) is 11.6. The van der Waals surface area contributed by atoms with Gasteiger partial charge in [0, 0.05) is 21.5 Å². The molecule has 0 spiro atoms. The molecule has 2 aromatic heterocycles. The van der Waals surface area contributed by atoms with E-state index in [0.717, 1.165) is 32.7 Å². The highest BCUT2D eigenvalue weighted by molar-refractivity contribution is 6.07. The maximum absolute atomic E-state index is 13.4. The average Bonchev–Trinajstić information content (AvgIpc) is 2.79. The van der Waals surface area contributed by atoms with Crippen LogP contribution >= 0.6 is 0 Å². The maximum atomic E-state index is 13.4. The first kappa shape index (κ1) is 16.7. The van der Waals surface area contributed by atoms with Crippen LogP contribution in [0.2, 0.25) is 0 Å². The summed E-state index contributed by atoms with van der Waals surface area (Å²) in [5.41, 5.74) is 2.06. The summed E-state index contributed by atoms with van der Waals surface area (Å²) in [4.78, 5) is 29.0. The monoisotopic (exact) mass is 388 g/mol. The summed E-state index contributed by atoms with van der Waals surface area (Å²) in [6, 6.07) is 28.9.